The molecule has 6 nitrogen and oxygen atoms in total. The smallest absolute Gasteiger partial charge is 0.319 e. The number of urea groups is 1. The quantitative estimate of drug-likeness (QED) is 0.286. The summed E-state index contributed by atoms with van der Waals surface area (Å²) in [5.74, 6) is -0.0729. The fourth-order valence-corrected chi connectivity index (χ4v) is 1.18. The number of rotatable bonds is 3. The zero-order chi connectivity index (χ0) is 12.8. The molecule has 7 heteroatoms. The lowest BCUT2D eigenvalue weighted by Crippen LogP contribution is -2.44. The number of oxime groups is 1. The standard InChI is InChI=1S/C10H13ClN4O2/c1-6(9(12)15-17)13-10(16)14-8-4-2-7(11)3-5-8/h2-6,17H,1H3,(H2,12,15)(H2,13,14,16). The second-order valence-corrected chi connectivity index (χ2v) is 3.79. The lowest BCUT2D eigenvalue weighted by Gasteiger charge is -2.13. The number of hydrogen-bond acceptors (Lipinski definition) is 3. The topological polar surface area (TPSA) is 99.7 Å². The van der Waals surface area contributed by atoms with Crippen LogP contribution < -0.4 is 16.4 Å². The van der Waals surface area contributed by atoms with Crippen LogP contribution in [0.2, 0.25) is 5.02 Å². The summed E-state index contributed by atoms with van der Waals surface area (Å²) in [6.45, 7) is 1.59. The monoisotopic (exact) mass is 256 g/mol. The molecule has 0 aliphatic rings. The Morgan fingerprint density at radius 1 is 1.47 bits per heavy atom. The Bertz CT molecular complexity index is 419. The van der Waals surface area contributed by atoms with Crippen LogP contribution in [0, 0.1) is 0 Å². The predicted molar refractivity (Wildman–Crippen MR) is 66.5 cm³/mol. The molecule has 0 heterocycles. The van der Waals surface area contributed by atoms with E-state index in [1.54, 1.807) is 31.2 Å². The van der Waals surface area contributed by atoms with Crippen molar-refractivity contribution in [2.75, 3.05) is 5.32 Å². The Labute approximate surface area is 103 Å². The van der Waals surface area contributed by atoms with Gasteiger partial charge in [0.15, 0.2) is 5.84 Å². The summed E-state index contributed by atoms with van der Waals surface area (Å²) in [5, 5.41) is 16.9. The van der Waals surface area contributed by atoms with Gasteiger partial charge in [0.05, 0.1) is 6.04 Å². The predicted octanol–water partition coefficient (Wildman–Crippen LogP) is 1.60. The van der Waals surface area contributed by atoms with Crippen molar-refractivity contribution >= 4 is 29.2 Å². The van der Waals surface area contributed by atoms with Gasteiger partial charge in [0, 0.05) is 10.7 Å². The summed E-state index contributed by atoms with van der Waals surface area (Å²) in [6.07, 6.45) is 0. The number of nitrogens with zero attached hydrogens (tertiary/aromatic N) is 1. The maximum absolute atomic E-state index is 11.5. The van der Waals surface area contributed by atoms with Gasteiger partial charge < -0.3 is 21.6 Å². The molecule has 1 atom stereocenters. The number of benzene rings is 1. The molecule has 0 bridgehead atoms. The molecule has 0 aliphatic carbocycles. The molecule has 1 aromatic carbocycles. The molecule has 17 heavy (non-hydrogen) atoms. The van der Waals surface area contributed by atoms with Gasteiger partial charge in [-0.15, -0.1) is 0 Å². The number of hydrogen-bond donors (Lipinski definition) is 4. The van der Waals surface area contributed by atoms with E-state index in [0.29, 0.717) is 10.7 Å². The van der Waals surface area contributed by atoms with Gasteiger partial charge in [-0.2, -0.15) is 0 Å². The number of nitrogens with two attached hydrogens (primary N) is 1. The van der Waals surface area contributed by atoms with Crippen LogP contribution >= 0.6 is 11.6 Å². The first kappa shape index (κ1) is 13.1. The van der Waals surface area contributed by atoms with Crippen LogP contribution in [0.5, 0.6) is 0 Å². The second-order valence-electron chi connectivity index (χ2n) is 3.35. The Balaban J connectivity index is 2.53. The fraction of sp³-hybridized carbons (Fsp3) is 0.200. The van der Waals surface area contributed by atoms with Crippen molar-refractivity contribution < 1.29 is 10.0 Å². The van der Waals surface area contributed by atoms with E-state index in [1.807, 2.05) is 0 Å². The van der Waals surface area contributed by atoms with E-state index >= 15 is 0 Å². The summed E-state index contributed by atoms with van der Waals surface area (Å²) in [6, 6.07) is 5.62. The zero-order valence-corrected chi connectivity index (χ0v) is 9.90. The van der Waals surface area contributed by atoms with Crippen LogP contribution in [0.1, 0.15) is 6.92 Å². The van der Waals surface area contributed by atoms with Crippen molar-refractivity contribution in [3.8, 4) is 0 Å². The van der Waals surface area contributed by atoms with Crippen LogP contribution in [-0.4, -0.2) is 23.1 Å². The van der Waals surface area contributed by atoms with Crippen molar-refractivity contribution in [2.24, 2.45) is 10.9 Å². The highest BCUT2D eigenvalue weighted by atomic mass is 35.5. The van der Waals surface area contributed by atoms with Gasteiger partial charge in [-0.3, -0.25) is 0 Å². The minimum Gasteiger partial charge on any atom is -0.409 e. The van der Waals surface area contributed by atoms with Gasteiger partial charge in [0.25, 0.3) is 0 Å². The highest BCUT2D eigenvalue weighted by molar-refractivity contribution is 6.30. The average molecular weight is 257 g/mol. The van der Waals surface area contributed by atoms with Gasteiger partial charge in [-0.05, 0) is 31.2 Å². The molecule has 5 N–H and O–H groups in total. The average Bonchev–Trinajstić information content (AvgIpc) is 2.30. The van der Waals surface area contributed by atoms with Gasteiger partial charge in [-0.1, -0.05) is 16.8 Å². The lowest BCUT2D eigenvalue weighted by atomic mass is 10.3. The Morgan fingerprint density at radius 2 is 2.06 bits per heavy atom. The summed E-state index contributed by atoms with van der Waals surface area (Å²) in [5.41, 5.74) is 5.91. The number of halogens is 1. The summed E-state index contributed by atoms with van der Waals surface area (Å²) >= 11 is 5.70. The van der Waals surface area contributed by atoms with Gasteiger partial charge in [0.2, 0.25) is 0 Å². The number of carbonyl (C=O) groups is 1. The summed E-state index contributed by atoms with van der Waals surface area (Å²) in [7, 11) is 0. The highest BCUT2D eigenvalue weighted by Gasteiger charge is 2.10. The van der Waals surface area contributed by atoms with Gasteiger partial charge >= 0.3 is 6.03 Å². The first-order chi connectivity index (χ1) is 8.02. The zero-order valence-electron chi connectivity index (χ0n) is 9.14. The van der Waals surface area contributed by atoms with Crippen LogP contribution in [0.15, 0.2) is 29.4 Å². The summed E-state index contributed by atoms with van der Waals surface area (Å²) < 4.78 is 0. The van der Waals surface area contributed by atoms with Crippen LogP contribution in [0.3, 0.4) is 0 Å². The Kier molecular flexibility index (Phi) is 4.59. The fourth-order valence-electron chi connectivity index (χ4n) is 1.06. The van der Waals surface area contributed by atoms with E-state index in [-0.39, 0.29) is 5.84 Å². The van der Waals surface area contributed by atoms with Crippen molar-refractivity contribution in [1.82, 2.24) is 5.32 Å². The van der Waals surface area contributed by atoms with Gasteiger partial charge in [-0.25, -0.2) is 4.79 Å². The molecule has 0 saturated carbocycles. The molecule has 0 saturated heterocycles. The molecule has 1 rings (SSSR count). The first-order valence-corrected chi connectivity index (χ1v) is 5.21. The normalized spacial score (nSPS) is 12.9. The van der Waals surface area contributed by atoms with Crippen LogP contribution in [0.4, 0.5) is 10.5 Å². The van der Waals surface area contributed by atoms with E-state index in [2.05, 4.69) is 15.8 Å². The van der Waals surface area contributed by atoms with E-state index in [1.165, 1.54) is 0 Å². The van der Waals surface area contributed by atoms with Crippen LogP contribution in [-0.2, 0) is 0 Å². The molecular formula is C10H13ClN4O2. The second kappa shape index (κ2) is 5.95. The SMILES string of the molecule is CC(NC(=O)Nc1ccc(Cl)cc1)/C(N)=N/O. The third-order valence-corrected chi connectivity index (χ3v) is 2.26. The maximum Gasteiger partial charge on any atom is 0.319 e. The molecule has 0 aliphatic heterocycles. The first-order valence-electron chi connectivity index (χ1n) is 4.83. The minimum atomic E-state index is -0.563. The molecular weight excluding hydrogens is 244 g/mol. The maximum atomic E-state index is 11.5. The Morgan fingerprint density at radius 3 is 2.59 bits per heavy atom. The van der Waals surface area contributed by atoms with Crippen molar-refractivity contribution in [2.45, 2.75) is 13.0 Å². The molecule has 0 fully saturated rings. The lowest BCUT2D eigenvalue weighted by molar-refractivity contribution is 0.251. The van der Waals surface area contributed by atoms with E-state index in [9.17, 15) is 4.79 Å². The molecule has 1 aromatic rings. The van der Waals surface area contributed by atoms with E-state index < -0.39 is 12.1 Å². The number of amidine groups is 1. The van der Waals surface area contributed by atoms with E-state index in [0.717, 1.165) is 0 Å². The molecule has 1 unspecified atom stereocenters. The van der Waals surface area contributed by atoms with E-state index in [4.69, 9.17) is 22.5 Å². The molecule has 2 amide bonds. The third-order valence-electron chi connectivity index (χ3n) is 2.01. The van der Waals surface area contributed by atoms with Gasteiger partial charge in [0.1, 0.15) is 0 Å². The number of nitrogens with one attached hydrogen (secondary N) is 2. The summed E-state index contributed by atoms with van der Waals surface area (Å²) in [4.78, 5) is 11.5. The molecule has 92 valence electrons. The van der Waals surface area contributed by atoms with Crippen molar-refractivity contribution in [3.05, 3.63) is 29.3 Å². The highest BCUT2D eigenvalue weighted by Crippen LogP contribution is 2.13. The third kappa shape index (κ3) is 4.20. The Hall–Kier alpha value is -1.95. The number of anilines is 1. The molecule has 0 radical (unpaired) electrons. The van der Waals surface area contributed by atoms with Crippen molar-refractivity contribution in [3.63, 3.8) is 0 Å². The molecule has 0 spiro atoms. The molecule has 0 aromatic heterocycles. The number of amides is 2. The van der Waals surface area contributed by atoms with Crippen molar-refractivity contribution in [1.29, 1.82) is 0 Å². The van der Waals surface area contributed by atoms with Crippen LogP contribution in [0.25, 0.3) is 0 Å². The number of carbonyl (C=O) groups excluding carboxylic acids is 1. The largest absolute Gasteiger partial charge is 0.409 e. The minimum absolute atomic E-state index is 0.0729.